The number of halogens is 1. The molecule has 0 amide bonds. The number of benzene rings is 2. The highest BCUT2D eigenvalue weighted by Gasteiger charge is 2.16. The van der Waals surface area contributed by atoms with Gasteiger partial charge in [-0.15, -0.1) is 0 Å². The number of hydrogen-bond donors (Lipinski definition) is 1. The predicted molar refractivity (Wildman–Crippen MR) is 100.0 cm³/mol. The Morgan fingerprint density at radius 2 is 1.92 bits per heavy atom. The van der Waals surface area contributed by atoms with E-state index in [4.69, 9.17) is 4.74 Å². The first kappa shape index (κ1) is 17.9. The van der Waals surface area contributed by atoms with Gasteiger partial charge in [-0.1, -0.05) is 18.2 Å². The Hall–Kier alpha value is -2.86. The first-order valence-corrected chi connectivity index (χ1v) is 8.30. The van der Waals surface area contributed by atoms with Gasteiger partial charge >= 0.3 is 0 Å². The molecule has 1 heterocycles. The number of aliphatic hydroxyl groups excluding tert-OH is 1. The number of hydrogen-bond acceptors (Lipinski definition) is 4. The maximum Gasteiger partial charge on any atom is 0.130 e. The number of anilines is 1. The summed E-state index contributed by atoms with van der Waals surface area (Å²) in [5, 5.41) is 13.9. The maximum atomic E-state index is 14.5. The molecule has 0 radical (unpaired) electrons. The average Bonchev–Trinajstić information content (AvgIpc) is 3.06. The fourth-order valence-corrected chi connectivity index (χ4v) is 2.96. The average molecular weight is 355 g/mol. The van der Waals surface area contributed by atoms with Gasteiger partial charge in [0, 0.05) is 30.9 Å². The molecule has 6 heteroatoms. The minimum absolute atomic E-state index is 0.179. The molecule has 1 aromatic heterocycles. The minimum atomic E-state index is -0.283. The molecule has 0 aliphatic heterocycles. The molecule has 0 saturated heterocycles. The summed E-state index contributed by atoms with van der Waals surface area (Å²) in [5.74, 6) is 0.439. The molecule has 1 N–H and O–H groups in total. The third-order valence-electron chi connectivity index (χ3n) is 4.24. The molecule has 0 fully saturated rings. The van der Waals surface area contributed by atoms with Crippen LogP contribution in [-0.2, 0) is 13.2 Å². The quantitative estimate of drug-likeness (QED) is 0.737. The van der Waals surface area contributed by atoms with E-state index >= 15 is 0 Å². The van der Waals surface area contributed by atoms with E-state index in [0.29, 0.717) is 11.3 Å². The van der Waals surface area contributed by atoms with Crippen LogP contribution in [-0.4, -0.2) is 36.1 Å². The molecule has 2 aromatic carbocycles. The number of ether oxygens (including phenoxy) is 1. The molecule has 3 rings (SSSR count). The van der Waals surface area contributed by atoms with Gasteiger partial charge in [0.25, 0.3) is 0 Å². The van der Waals surface area contributed by atoms with Crippen LogP contribution in [0.2, 0.25) is 0 Å². The highest BCUT2D eigenvalue weighted by Crippen LogP contribution is 2.28. The van der Waals surface area contributed by atoms with Crippen molar-refractivity contribution in [2.75, 3.05) is 26.1 Å². The number of aliphatic hydroxyl groups is 1. The zero-order chi connectivity index (χ0) is 18.7. The molecule has 136 valence electrons. The van der Waals surface area contributed by atoms with Crippen molar-refractivity contribution >= 4 is 5.69 Å². The van der Waals surface area contributed by atoms with Crippen LogP contribution >= 0.6 is 0 Å². The monoisotopic (exact) mass is 355 g/mol. The molecule has 3 aromatic rings. The highest BCUT2D eigenvalue weighted by atomic mass is 19.1. The van der Waals surface area contributed by atoms with E-state index in [1.807, 2.05) is 55.4 Å². The van der Waals surface area contributed by atoms with Crippen molar-refractivity contribution in [2.24, 2.45) is 0 Å². The fraction of sp³-hybridized carbons (Fsp3) is 0.250. The van der Waals surface area contributed by atoms with Gasteiger partial charge < -0.3 is 14.7 Å². The van der Waals surface area contributed by atoms with Crippen molar-refractivity contribution in [3.05, 3.63) is 65.6 Å². The fourth-order valence-electron chi connectivity index (χ4n) is 2.96. The predicted octanol–water partition coefficient (Wildman–Crippen LogP) is 3.30. The second-order valence-electron chi connectivity index (χ2n) is 6.20. The summed E-state index contributed by atoms with van der Waals surface area (Å²) < 4.78 is 21.5. The molecule has 26 heavy (non-hydrogen) atoms. The van der Waals surface area contributed by atoms with E-state index in [1.54, 1.807) is 17.9 Å². The Kier molecular flexibility index (Phi) is 5.23. The van der Waals surface area contributed by atoms with Crippen LogP contribution in [0, 0.1) is 5.82 Å². The molecule has 0 bridgehead atoms. The summed E-state index contributed by atoms with van der Waals surface area (Å²) in [7, 11) is 5.37. The van der Waals surface area contributed by atoms with Gasteiger partial charge in [0.2, 0.25) is 0 Å². The SMILES string of the molecule is COc1cccc(-c2cc(CO)nn2Cc2c(F)cccc2N(C)C)c1. The molecule has 0 aliphatic carbocycles. The Balaban J connectivity index is 2.08. The van der Waals surface area contributed by atoms with Gasteiger partial charge in [0.05, 0.1) is 31.6 Å². The second-order valence-corrected chi connectivity index (χ2v) is 6.20. The van der Waals surface area contributed by atoms with Crippen LogP contribution in [0.3, 0.4) is 0 Å². The second kappa shape index (κ2) is 7.58. The van der Waals surface area contributed by atoms with E-state index in [0.717, 1.165) is 22.7 Å². The Morgan fingerprint density at radius 3 is 2.62 bits per heavy atom. The molecule has 0 saturated carbocycles. The molecular formula is C20H22FN3O2. The van der Waals surface area contributed by atoms with Crippen molar-refractivity contribution in [1.29, 1.82) is 0 Å². The first-order valence-electron chi connectivity index (χ1n) is 8.30. The molecule has 0 spiro atoms. The van der Waals surface area contributed by atoms with E-state index in [1.165, 1.54) is 6.07 Å². The van der Waals surface area contributed by atoms with E-state index in [-0.39, 0.29) is 19.0 Å². The van der Waals surface area contributed by atoms with Crippen LogP contribution in [0.15, 0.2) is 48.5 Å². The lowest BCUT2D eigenvalue weighted by atomic mass is 10.1. The first-order chi connectivity index (χ1) is 12.5. The summed E-state index contributed by atoms with van der Waals surface area (Å²) in [5.41, 5.74) is 3.56. The van der Waals surface area contributed by atoms with Crippen molar-refractivity contribution in [2.45, 2.75) is 13.2 Å². The summed E-state index contributed by atoms with van der Waals surface area (Å²) in [6.45, 7) is 0.0779. The maximum absolute atomic E-state index is 14.5. The lowest BCUT2D eigenvalue weighted by Crippen LogP contribution is -2.15. The van der Waals surface area contributed by atoms with Crippen LogP contribution in [0.1, 0.15) is 11.3 Å². The Labute approximate surface area is 152 Å². The largest absolute Gasteiger partial charge is 0.497 e. The molecule has 0 aliphatic rings. The zero-order valence-corrected chi connectivity index (χ0v) is 15.1. The molecule has 5 nitrogen and oxygen atoms in total. The van der Waals surface area contributed by atoms with Crippen molar-refractivity contribution < 1.29 is 14.2 Å². The van der Waals surface area contributed by atoms with Gasteiger partial charge in [-0.25, -0.2) is 4.39 Å². The third-order valence-corrected chi connectivity index (χ3v) is 4.24. The van der Waals surface area contributed by atoms with Gasteiger partial charge in [0.15, 0.2) is 0 Å². The standard InChI is InChI=1S/C20H22FN3O2/c1-23(2)19-9-5-8-18(21)17(19)12-24-20(11-15(13-25)22-24)14-6-4-7-16(10-14)26-3/h4-11,25H,12-13H2,1-3H3. The topological polar surface area (TPSA) is 50.5 Å². The van der Waals surface area contributed by atoms with Crippen LogP contribution in [0.25, 0.3) is 11.3 Å². The highest BCUT2D eigenvalue weighted by molar-refractivity contribution is 5.63. The third kappa shape index (κ3) is 3.55. The molecule has 0 atom stereocenters. The van der Waals surface area contributed by atoms with E-state index in [2.05, 4.69) is 5.10 Å². The lowest BCUT2D eigenvalue weighted by Gasteiger charge is -2.19. The summed E-state index contributed by atoms with van der Waals surface area (Å²) in [6.07, 6.45) is 0. The van der Waals surface area contributed by atoms with Crippen molar-refractivity contribution in [3.8, 4) is 17.0 Å². The summed E-state index contributed by atoms with van der Waals surface area (Å²) >= 11 is 0. The van der Waals surface area contributed by atoms with Gasteiger partial charge in [-0.2, -0.15) is 5.10 Å². The number of nitrogens with zero attached hydrogens (tertiary/aromatic N) is 3. The van der Waals surface area contributed by atoms with Crippen molar-refractivity contribution in [1.82, 2.24) is 9.78 Å². The van der Waals surface area contributed by atoms with Crippen LogP contribution in [0.4, 0.5) is 10.1 Å². The van der Waals surface area contributed by atoms with Gasteiger partial charge in [-0.05, 0) is 30.3 Å². The Morgan fingerprint density at radius 1 is 1.15 bits per heavy atom. The molecular weight excluding hydrogens is 333 g/mol. The Bertz CT molecular complexity index is 906. The van der Waals surface area contributed by atoms with Gasteiger partial charge in [0.1, 0.15) is 11.6 Å². The zero-order valence-electron chi connectivity index (χ0n) is 15.1. The summed E-state index contributed by atoms with van der Waals surface area (Å²) in [4.78, 5) is 1.88. The van der Waals surface area contributed by atoms with Crippen LogP contribution < -0.4 is 9.64 Å². The normalized spacial score (nSPS) is 10.8. The van der Waals surface area contributed by atoms with E-state index < -0.39 is 0 Å². The number of methoxy groups -OCH3 is 1. The van der Waals surface area contributed by atoms with Gasteiger partial charge in [-0.3, -0.25) is 4.68 Å². The smallest absolute Gasteiger partial charge is 0.130 e. The lowest BCUT2D eigenvalue weighted by molar-refractivity contribution is 0.275. The van der Waals surface area contributed by atoms with Crippen molar-refractivity contribution in [3.63, 3.8) is 0 Å². The summed E-state index contributed by atoms with van der Waals surface area (Å²) in [6, 6.07) is 14.4. The number of aromatic nitrogens is 2. The molecule has 0 unspecified atom stereocenters. The van der Waals surface area contributed by atoms with Crippen LogP contribution in [0.5, 0.6) is 5.75 Å². The van der Waals surface area contributed by atoms with E-state index in [9.17, 15) is 9.50 Å². The number of rotatable bonds is 6. The minimum Gasteiger partial charge on any atom is -0.497 e.